The van der Waals surface area contributed by atoms with Gasteiger partial charge in [0.1, 0.15) is 5.82 Å². The number of ether oxygens (including phenoxy) is 1. The lowest BCUT2D eigenvalue weighted by atomic mass is 10.1. The second-order valence-electron chi connectivity index (χ2n) is 4.27. The molecule has 110 valence electrons. The molecule has 0 fully saturated rings. The van der Waals surface area contributed by atoms with Gasteiger partial charge in [-0.25, -0.2) is 9.18 Å². The summed E-state index contributed by atoms with van der Waals surface area (Å²) in [5, 5.41) is 2.94. The van der Waals surface area contributed by atoms with Crippen molar-refractivity contribution in [3.63, 3.8) is 0 Å². The zero-order valence-electron chi connectivity index (χ0n) is 11.6. The molecule has 0 saturated carbocycles. The number of methoxy groups -OCH3 is 1. The van der Waals surface area contributed by atoms with Crippen LogP contribution >= 0.6 is 11.8 Å². The molecule has 0 aliphatic rings. The number of nitrogens with one attached hydrogen (secondary N) is 1. The molecule has 2 rings (SSSR count). The molecule has 0 atom stereocenters. The molecule has 0 spiro atoms. The third-order valence-corrected chi connectivity index (χ3v) is 3.62. The maximum atomic E-state index is 14.0. The van der Waals surface area contributed by atoms with Gasteiger partial charge < -0.3 is 15.8 Å². The molecule has 0 aliphatic heterocycles. The summed E-state index contributed by atoms with van der Waals surface area (Å²) in [7, 11) is 1.25. The van der Waals surface area contributed by atoms with Crippen molar-refractivity contribution < 1.29 is 13.9 Å². The van der Waals surface area contributed by atoms with Crippen molar-refractivity contribution in [3.05, 3.63) is 47.8 Å². The van der Waals surface area contributed by atoms with Gasteiger partial charge in [0, 0.05) is 16.3 Å². The number of esters is 1. The zero-order chi connectivity index (χ0) is 15.4. The fourth-order valence-electron chi connectivity index (χ4n) is 1.83. The van der Waals surface area contributed by atoms with Crippen LogP contribution in [0.4, 0.5) is 21.5 Å². The second-order valence-corrected chi connectivity index (χ2v) is 5.15. The number of hydrogen-bond donors (Lipinski definition) is 2. The van der Waals surface area contributed by atoms with Crippen LogP contribution in [0.15, 0.2) is 41.3 Å². The van der Waals surface area contributed by atoms with Crippen LogP contribution in [0, 0.1) is 5.82 Å². The van der Waals surface area contributed by atoms with E-state index in [1.807, 2.05) is 30.5 Å². The lowest BCUT2D eigenvalue weighted by Gasteiger charge is -2.11. The van der Waals surface area contributed by atoms with E-state index in [-0.39, 0.29) is 16.9 Å². The quantitative estimate of drug-likeness (QED) is 0.513. The fraction of sp³-hybridized carbons (Fsp3) is 0.133. The van der Waals surface area contributed by atoms with E-state index < -0.39 is 11.8 Å². The molecule has 0 unspecified atom stereocenters. The molecular weight excluding hydrogens is 291 g/mol. The minimum Gasteiger partial charge on any atom is -0.465 e. The molecular formula is C15H15FN2O2S. The van der Waals surface area contributed by atoms with Crippen LogP contribution in [0.2, 0.25) is 0 Å². The third-order valence-electron chi connectivity index (χ3n) is 2.89. The molecule has 6 heteroatoms. The Hall–Kier alpha value is -2.21. The van der Waals surface area contributed by atoms with Gasteiger partial charge in [-0.05, 0) is 36.6 Å². The Morgan fingerprint density at radius 1 is 1.33 bits per heavy atom. The Morgan fingerprint density at radius 3 is 2.76 bits per heavy atom. The van der Waals surface area contributed by atoms with Gasteiger partial charge in [0.25, 0.3) is 0 Å². The lowest BCUT2D eigenvalue weighted by molar-refractivity contribution is 0.0602. The lowest BCUT2D eigenvalue weighted by Crippen LogP contribution is -2.07. The molecule has 21 heavy (non-hydrogen) atoms. The Bertz CT molecular complexity index is 677. The number of thioether (sulfide) groups is 1. The van der Waals surface area contributed by atoms with Gasteiger partial charge >= 0.3 is 5.97 Å². The van der Waals surface area contributed by atoms with Crippen molar-refractivity contribution >= 4 is 34.8 Å². The number of nitrogen functional groups attached to an aromatic ring is 1. The first-order chi connectivity index (χ1) is 10.0. The predicted octanol–water partition coefficient (Wildman–Crippen LogP) is 3.66. The highest BCUT2D eigenvalue weighted by atomic mass is 32.2. The average Bonchev–Trinajstić information content (AvgIpc) is 2.49. The van der Waals surface area contributed by atoms with Crippen molar-refractivity contribution in [1.82, 2.24) is 0 Å². The van der Waals surface area contributed by atoms with Crippen molar-refractivity contribution in [2.24, 2.45) is 0 Å². The molecule has 0 amide bonds. The number of anilines is 3. The number of benzene rings is 2. The first-order valence-electron chi connectivity index (χ1n) is 6.13. The SMILES string of the molecule is COC(=O)c1cc(Nc2cccc(SC)c2)c(F)cc1N. The third kappa shape index (κ3) is 3.46. The van der Waals surface area contributed by atoms with Crippen LogP contribution in [-0.2, 0) is 4.74 Å². The van der Waals surface area contributed by atoms with Crippen LogP contribution in [0.1, 0.15) is 10.4 Å². The van der Waals surface area contributed by atoms with E-state index in [9.17, 15) is 9.18 Å². The molecule has 0 aromatic heterocycles. The number of nitrogens with two attached hydrogens (primary N) is 1. The van der Waals surface area contributed by atoms with Gasteiger partial charge in [0.15, 0.2) is 0 Å². The van der Waals surface area contributed by atoms with E-state index >= 15 is 0 Å². The Balaban J connectivity index is 2.37. The number of carbonyl (C=O) groups excluding carboxylic acids is 1. The summed E-state index contributed by atoms with van der Waals surface area (Å²) in [6.07, 6.45) is 1.96. The smallest absolute Gasteiger partial charge is 0.340 e. The minimum absolute atomic E-state index is 0.0442. The first kappa shape index (κ1) is 15.2. The molecule has 0 radical (unpaired) electrons. The summed E-state index contributed by atoms with van der Waals surface area (Å²) in [4.78, 5) is 12.6. The highest BCUT2D eigenvalue weighted by molar-refractivity contribution is 7.98. The summed E-state index contributed by atoms with van der Waals surface area (Å²) >= 11 is 1.58. The number of hydrogen-bond acceptors (Lipinski definition) is 5. The maximum absolute atomic E-state index is 14.0. The van der Waals surface area contributed by atoms with Gasteiger partial charge in [-0.1, -0.05) is 6.07 Å². The number of halogens is 1. The summed E-state index contributed by atoms with van der Waals surface area (Å²) in [5.41, 5.74) is 6.70. The highest BCUT2D eigenvalue weighted by Crippen LogP contribution is 2.27. The van der Waals surface area contributed by atoms with Crippen LogP contribution in [0.3, 0.4) is 0 Å². The van der Waals surface area contributed by atoms with E-state index in [2.05, 4.69) is 10.1 Å². The molecule has 0 bridgehead atoms. The van der Waals surface area contributed by atoms with Crippen LogP contribution < -0.4 is 11.1 Å². The molecule has 2 aromatic carbocycles. The van der Waals surface area contributed by atoms with Gasteiger partial charge in [-0.2, -0.15) is 0 Å². The predicted molar refractivity (Wildman–Crippen MR) is 83.7 cm³/mol. The van der Waals surface area contributed by atoms with Gasteiger partial charge in [-0.3, -0.25) is 0 Å². The van der Waals surface area contributed by atoms with Crippen molar-refractivity contribution in [1.29, 1.82) is 0 Å². The topological polar surface area (TPSA) is 64.3 Å². The Kier molecular flexibility index (Phi) is 4.70. The molecule has 4 nitrogen and oxygen atoms in total. The summed E-state index contributed by atoms with van der Waals surface area (Å²) < 4.78 is 18.6. The van der Waals surface area contributed by atoms with Crippen molar-refractivity contribution in [2.75, 3.05) is 24.4 Å². The second kappa shape index (κ2) is 6.49. The largest absolute Gasteiger partial charge is 0.465 e. The minimum atomic E-state index is -0.603. The molecule has 0 aliphatic carbocycles. The average molecular weight is 306 g/mol. The Morgan fingerprint density at radius 2 is 2.10 bits per heavy atom. The standard InChI is InChI=1S/C15H15FN2O2S/c1-20-15(19)11-7-14(12(16)8-13(11)17)18-9-4-3-5-10(6-9)21-2/h3-8,18H,17H2,1-2H3. The number of rotatable bonds is 4. The molecule has 0 heterocycles. The van der Waals surface area contributed by atoms with Gasteiger partial charge in [0.2, 0.25) is 0 Å². The van der Waals surface area contributed by atoms with Crippen LogP contribution in [0.5, 0.6) is 0 Å². The zero-order valence-corrected chi connectivity index (χ0v) is 12.5. The van der Waals surface area contributed by atoms with E-state index in [0.29, 0.717) is 0 Å². The van der Waals surface area contributed by atoms with Crippen LogP contribution in [0.25, 0.3) is 0 Å². The van der Waals surface area contributed by atoms with Crippen molar-refractivity contribution in [2.45, 2.75) is 4.90 Å². The van der Waals surface area contributed by atoms with E-state index in [1.165, 1.54) is 13.2 Å². The Labute approximate surface area is 126 Å². The van der Waals surface area contributed by atoms with E-state index in [1.54, 1.807) is 11.8 Å². The molecule has 3 N–H and O–H groups in total. The highest BCUT2D eigenvalue weighted by Gasteiger charge is 2.14. The van der Waals surface area contributed by atoms with E-state index in [4.69, 9.17) is 5.73 Å². The molecule has 0 saturated heterocycles. The van der Waals surface area contributed by atoms with Crippen molar-refractivity contribution in [3.8, 4) is 0 Å². The summed E-state index contributed by atoms with van der Waals surface area (Å²) in [6.45, 7) is 0. The van der Waals surface area contributed by atoms with E-state index in [0.717, 1.165) is 16.6 Å². The monoisotopic (exact) mass is 306 g/mol. The van der Waals surface area contributed by atoms with Gasteiger partial charge in [-0.15, -0.1) is 11.8 Å². The molecule has 2 aromatic rings. The normalized spacial score (nSPS) is 10.2. The fourth-order valence-corrected chi connectivity index (χ4v) is 2.29. The van der Waals surface area contributed by atoms with Gasteiger partial charge in [0.05, 0.1) is 18.4 Å². The summed E-state index contributed by atoms with van der Waals surface area (Å²) in [6, 6.07) is 9.97. The number of carbonyl (C=O) groups is 1. The first-order valence-corrected chi connectivity index (χ1v) is 7.36. The van der Waals surface area contributed by atoms with Crippen LogP contribution in [-0.4, -0.2) is 19.3 Å². The maximum Gasteiger partial charge on any atom is 0.340 e. The summed E-state index contributed by atoms with van der Waals surface area (Å²) in [5.74, 6) is -1.14.